The number of aromatic nitrogens is 6. The molecule has 0 spiro atoms. The predicted molar refractivity (Wildman–Crippen MR) is 116 cm³/mol. The van der Waals surface area contributed by atoms with Gasteiger partial charge in [-0.25, -0.2) is 15.0 Å². The number of hydrogen-bond donors (Lipinski definition) is 3. The molecule has 0 unspecified atom stereocenters. The van der Waals surface area contributed by atoms with Crippen molar-refractivity contribution in [3.8, 4) is 0 Å². The molecule has 0 fully saturated rings. The molecule has 11 heteroatoms. The molecule has 0 atom stereocenters. The molecule has 3 heterocycles. The van der Waals surface area contributed by atoms with E-state index in [1.807, 2.05) is 31.8 Å². The highest BCUT2D eigenvalue weighted by molar-refractivity contribution is 14.0. The Balaban J connectivity index is 0.00000261. The number of nitrogens with zero attached hydrogens (tertiary/aromatic N) is 7. The van der Waals surface area contributed by atoms with Crippen LogP contribution in [0.2, 0.25) is 0 Å². The fraction of sp³-hybridized carbons (Fsp3) is 0.438. The van der Waals surface area contributed by atoms with Crippen molar-refractivity contribution in [3.63, 3.8) is 0 Å². The Morgan fingerprint density at radius 1 is 1.11 bits per heavy atom. The van der Waals surface area contributed by atoms with Crippen molar-refractivity contribution in [2.75, 3.05) is 25.0 Å². The highest BCUT2D eigenvalue weighted by atomic mass is 127. The van der Waals surface area contributed by atoms with Crippen LogP contribution >= 0.6 is 24.0 Å². The second-order valence-electron chi connectivity index (χ2n) is 5.72. The molecule has 3 rings (SSSR count). The van der Waals surface area contributed by atoms with Crippen molar-refractivity contribution in [2.24, 2.45) is 19.1 Å². The lowest BCUT2D eigenvalue weighted by Crippen LogP contribution is -2.39. The summed E-state index contributed by atoms with van der Waals surface area (Å²) in [5, 5.41) is 19.1. The van der Waals surface area contributed by atoms with Gasteiger partial charge in [0.15, 0.2) is 11.6 Å². The van der Waals surface area contributed by atoms with E-state index >= 15 is 0 Å². The van der Waals surface area contributed by atoms with Crippen LogP contribution in [0.25, 0.3) is 11.0 Å². The molecular weight excluding hydrogens is 459 g/mol. The highest BCUT2D eigenvalue weighted by Crippen LogP contribution is 2.16. The summed E-state index contributed by atoms with van der Waals surface area (Å²) in [6.45, 7) is 4.80. The van der Waals surface area contributed by atoms with Crippen molar-refractivity contribution >= 4 is 46.8 Å². The summed E-state index contributed by atoms with van der Waals surface area (Å²) in [5.41, 5.74) is 1.86. The topological polar surface area (TPSA) is 110 Å². The molecule has 146 valence electrons. The fourth-order valence-electron chi connectivity index (χ4n) is 2.52. The van der Waals surface area contributed by atoms with Crippen molar-refractivity contribution in [2.45, 2.75) is 13.5 Å². The van der Waals surface area contributed by atoms with Gasteiger partial charge in [0.05, 0.1) is 23.8 Å². The van der Waals surface area contributed by atoms with Gasteiger partial charge >= 0.3 is 0 Å². The molecule has 3 aromatic heterocycles. The molecule has 0 saturated heterocycles. The lowest BCUT2D eigenvalue weighted by atomic mass is 10.4. The zero-order valence-corrected chi connectivity index (χ0v) is 18.0. The lowest BCUT2D eigenvalue weighted by Gasteiger charge is -2.12. The monoisotopic (exact) mass is 484 g/mol. The Bertz CT molecular complexity index is 884. The molecule has 0 bridgehead atoms. The minimum Gasteiger partial charge on any atom is -0.368 e. The van der Waals surface area contributed by atoms with Crippen LogP contribution in [0.3, 0.4) is 0 Å². The number of nitrogens with one attached hydrogen (secondary N) is 3. The molecule has 10 nitrogen and oxygen atoms in total. The lowest BCUT2D eigenvalue weighted by molar-refractivity contribution is 0.707. The van der Waals surface area contributed by atoms with Crippen molar-refractivity contribution < 1.29 is 0 Å². The minimum atomic E-state index is 0. The molecule has 0 radical (unpaired) electrons. The van der Waals surface area contributed by atoms with Crippen LogP contribution in [0, 0.1) is 0 Å². The summed E-state index contributed by atoms with van der Waals surface area (Å²) in [7, 11) is 3.78. The molecule has 0 aliphatic heterocycles. The van der Waals surface area contributed by atoms with Crippen LogP contribution in [-0.4, -0.2) is 55.1 Å². The molecule has 27 heavy (non-hydrogen) atoms. The van der Waals surface area contributed by atoms with E-state index < -0.39 is 0 Å². The summed E-state index contributed by atoms with van der Waals surface area (Å²) < 4.78 is 3.55. The normalized spacial score (nSPS) is 11.3. The van der Waals surface area contributed by atoms with Crippen LogP contribution < -0.4 is 16.0 Å². The smallest absolute Gasteiger partial charge is 0.191 e. The Kier molecular flexibility index (Phi) is 7.76. The number of anilines is 1. The van der Waals surface area contributed by atoms with E-state index in [0.29, 0.717) is 19.6 Å². The number of aryl methyl sites for hydroxylation is 2. The Morgan fingerprint density at radius 2 is 1.96 bits per heavy atom. The van der Waals surface area contributed by atoms with Gasteiger partial charge in [-0.05, 0) is 13.0 Å². The van der Waals surface area contributed by atoms with Crippen LogP contribution in [-0.2, 0) is 20.6 Å². The quantitative estimate of drug-likeness (QED) is 0.198. The molecule has 0 aromatic carbocycles. The van der Waals surface area contributed by atoms with Gasteiger partial charge in [0.1, 0.15) is 12.1 Å². The number of rotatable bonds is 7. The average molecular weight is 484 g/mol. The first-order chi connectivity index (χ1) is 12.7. The van der Waals surface area contributed by atoms with Crippen LogP contribution in [0.15, 0.2) is 29.8 Å². The minimum absolute atomic E-state index is 0. The summed E-state index contributed by atoms with van der Waals surface area (Å²) in [6.07, 6.45) is 5.08. The third kappa shape index (κ3) is 5.28. The van der Waals surface area contributed by atoms with E-state index in [2.05, 4.69) is 41.1 Å². The van der Waals surface area contributed by atoms with Gasteiger partial charge in [0.2, 0.25) is 0 Å². The standard InChI is InChI=1S/C16H24N10.HI/c1-4-17-16(20-9-12-5-6-23-25(12)2)19-8-7-18-14-13-10-24-26(3)15(13)22-11-21-14;/h5-6,10-11H,4,7-9H2,1-3H3,(H2,17,19,20)(H,18,21,22);1H. The Morgan fingerprint density at radius 3 is 2.70 bits per heavy atom. The summed E-state index contributed by atoms with van der Waals surface area (Å²) >= 11 is 0. The molecule has 0 saturated carbocycles. The number of aliphatic imine (C=N–C) groups is 1. The SMILES string of the molecule is CCNC(=NCc1ccnn1C)NCCNc1ncnc2c1cnn2C.I. The predicted octanol–water partition coefficient (Wildman–Crippen LogP) is 0.882. The van der Waals surface area contributed by atoms with Gasteiger partial charge in [0.25, 0.3) is 0 Å². The van der Waals surface area contributed by atoms with Gasteiger partial charge in [0, 0.05) is 39.9 Å². The van der Waals surface area contributed by atoms with Crippen molar-refractivity contribution in [3.05, 3.63) is 30.5 Å². The summed E-state index contributed by atoms with van der Waals surface area (Å²) in [6, 6.07) is 1.96. The zero-order chi connectivity index (χ0) is 18.4. The average Bonchev–Trinajstić information content (AvgIpc) is 3.23. The van der Waals surface area contributed by atoms with Gasteiger partial charge in [-0.2, -0.15) is 10.2 Å². The van der Waals surface area contributed by atoms with E-state index in [9.17, 15) is 0 Å². The molecule has 0 aliphatic carbocycles. The zero-order valence-electron chi connectivity index (χ0n) is 15.7. The molecular formula is C16H25IN10. The van der Waals surface area contributed by atoms with E-state index in [-0.39, 0.29) is 24.0 Å². The third-order valence-electron chi connectivity index (χ3n) is 3.91. The van der Waals surface area contributed by atoms with Crippen molar-refractivity contribution in [1.29, 1.82) is 0 Å². The number of hydrogen-bond acceptors (Lipinski definition) is 6. The molecule has 3 N–H and O–H groups in total. The van der Waals surface area contributed by atoms with Gasteiger partial charge in [-0.1, -0.05) is 0 Å². The van der Waals surface area contributed by atoms with E-state index in [4.69, 9.17) is 0 Å². The van der Waals surface area contributed by atoms with Crippen LogP contribution in [0.4, 0.5) is 5.82 Å². The highest BCUT2D eigenvalue weighted by Gasteiger charge is 2.07. The number of halogens is 1. The Hall–Kier alpha value is -2.44. The maximum atomic E-state index is 4.58. The first-order valence-corrected chi connectivity index (χ1v) is 8.54. The maximum Gasteiger partial charge on any atom is 0.191 e. The van der Waals surface area contributed by atoms with Gasteiger partial charge in [-0.3, -0.25) is 9.36 Å². The first-order valence-electron chi connectivity index (χ1n) is 8.54. The summed E-state index contributed by atoms with van der Waals surface area (Å²) in [5.74, 6) is 1.55. The van der Waals surface area contributed by atoms with E-state index in [1.165, 1.54) is 0 Å². The Labute approximate surface area is 174 Å². The molecule has 0 amide bonds. The fourth-order valence-corrected chi connectivity index (χ4v) is 2.52. The van der Waals surface area contributed by atoms with Gasteiger partial charge < -0.3 is 16.0 Å². The largest absolute Gasteiger partial charge is 0.368 e. The van der Waals surface area contributed by atoms with E-state index in [1.54, 1.807) is 23.4 Å². The maximum absolute atomic E-state index is 4.58. The summed E-state index contributed by atoms with van der Waals surface area (Å²) in [4.78, 5) is 13.1. The third-order valence-corrected chi connectivity index (χ3v) is 3.91. The molecule has 0 aliphatic rings. The van der Waals surface area contributed by atoms with Crippen LogP contribution in [0.1, 0.15) is 12.6 Å². The van der Waals surface area contributed by atoms with Gasteiger partial charge in [-0.15, -0.1) is 24.0 Å². The number of guanidine groups is 1. The van der Waals surface area contributed by atoms with Crippen molar-refractivity contribution in [1.82, 2.24) is 40.2 Å². The molecule has 3 aromatic rings. The van der Waals surface area contributed by atoms with Crippen LogP contribution in [0.5, 0.6) is 0 Å². The first kappa shape index (κ1) is 20.9. The second-order valence-corrected chi connectivity index (χ2v) is 5.72. The second kappa shape index (κ2) is 10.0. The number of fused-ring (bicyclic) bond motifs is 1. The van der Waals surface area contributed by atoms with E-state index in [0.717, 1.165) is 35.0 Å².